The first-order valence-corrected chi connectivity index (χ1v) is 10.1. The third-order valence-corrected chi connectivity index (χ3v) is 5.49. The van der Waals surface area contributed by atoms with Crippen LogP contribution in [0.3, 0.4) is 0 Å². The van der Waals surface area contributed by atoms with Gasteiger partial charge in [0.15, 0.2) is 5.78 Å². The van der Waals surface area contributed by atoms with Crippen LogP contribution >= 0.6 is 0 Å². The van der Waals surface area contributed by atoms with Gasteiger partial charge in [-0.25, -0.2) is 0 Å². The number of carbonyl (C=O) groups excluding carboxylic acids is 1. The molecule has 29 heavy (non-hydrogen) atoms. The van der Waals surface area contributed by atoms with E-state index < -0.39 is 0 Å². The van der Waals surface area contributed by atoms with Crippen molar-refractivity contribution in [3.8, 4) is 0 Å². The van der Waals surface area contributed by atoms with Crippen molar-refractivity contribution >= 4 is 16.7 Å². The second kappa shape index (κ2) is 8.46. The Balaban J connectivity index is 1.58. The predicted octanol–water partition coefficient (Wildman–Crippen LogP) is 5.54. The lowest BCUT2D eigenvalue weighted by molar-refractivity contribution is 0.0945. The van der Waals surface area contributed by atoms with Gasteiger partial charge in [-0.05, 0) is 43.0 Å². The van der Waals surface area contributed by atoms with E-state index in [1.807, 2.05) is 60.8 Å². The summed E-state index contributed by atoms with van der Waals surface area (Å²) >= 11 is 0. The summed E-state index contributed by atoms with van der Waals surface area (Å²) in [5.41, 5.74) is 6.59. The molecule has 0 aliphatic rings. The highest BCUT2D eigenvalue weighted by atomic mass is 16.1. The molecule has 1 heterocycles. The van der Waals surface area contributed by atoms with Gasteiger partial charge in [0.25, 0.3) is 0 Å². The van der Waals surface area contributed by atoms with Crippen molar-refractivity contribution in [1.29, 1.82) is 0 Å². The van der Waals surface area contributed by atoms with Crippen LogP contribution in [-0.4, -0.2) is 17.3 Å². The normalized spacial score (nSPS) is 12.2. The lowest BCUT2D eigenvalue weighted by Gasteiger charge is -2.18. The van der Waals surface area contributed by atoms with Crippen LogP contribution in [0.1, 0.15) is 38.7 Å². The molecule has 0 aliphatic heterocycles. The molecule has 3 aromatic carbocycles. The minimum Gasteiger partial charge on any atom is -0.360 e. The maximum Gasteiger partial charge on any atom is 0.186 e. The number of carbonyl (C=O) groups is 1. The van der Waals surface area contributed by atoms with Crippen molar-refractivity contribution in [2.45, 2.75) is 26.3 Å². The molecule has 1 aromatic heterocycles. The number of hydrogen-bond acceptors (Lipinski definition) is 2. The van der Waals surface area contributed by atoms with Gasteiger partial charge in [-0.15, -0.1) is 0 Å². The molecule has 0 saturated carbocycles. The number of Topliss-reactive ketones (excluding diaryl/α,β-unsaturated/α-hetero) is 1. The molecular formula is C26H26N2O. The summed E-state index contributed by atoms with van der Waals surface area (Å²) in [6, 6.07) is 24.1. The Morgan fingerprint density at radius 2 is 1.72 bits per heavy atom. The van der Waals surface area contributed by atoms with Crippen molar-refractivity contribution < 1.29 is 4.79 Å². The molecule has 2 N–H and O–H groups in total. The molecule has 0 spiro atoms. The summed E-state index contributed by atoms with van der Waals surface area (Å²) in [5, 5.41) is 4.48. The van der Waals surface area contributed by atoms with Gasteiger partial charge in [-0.2, -0.15) is 0 Å². The van der Waals surface area contributed by atoms with E-state index in [-0.39, 0.29) is 11.8 Å². The quantitative estimate of drug-likeness (QED) is 0.412. The molecule has 1 atom stereocenters. The summed E-state index contributed by atoms with van der Waals surface area (Å²) in [6.45, 7) is 4.99. The van der Waals surface area contributed by atoms with Crippen molar-refractivity contribution in [3.63, 3.8) is 0 Å². The first-order chi connectivity index (χ1) is 14.1. The number of benzene rings is 3. The number of aromatic nitrogens is 1. The average Bonchev–Trinajstić information content (AvgIpc) is 3.17. The first kappa shape index (κ1) is 19.2. The van der Waals surface area contributed by atoms with Crippen LogP contribution in [0.2, 0.25) is 0 Å². The van der Waals surface area contributed by atoms with E-state index >= 15 is 0 Å². The molecule has 3 nitrogen and oxygen atoms in total. The van der Waals surface area contributed by atoms with E-state index in [0.29, 0.717) is 0 Å². The predicted molar refractivity (Wildman–Crippen MR) is 119 cm³/mol. The standard InChI is InChI=1S/C26H26N2O/c1-18-12-13-20(19(2)16-18)14-15-27-25(21-8-4-3-5-9-21)26(29)23-17-28-24-11-7-6-10-22(23)24/h3-13,16-17,25,27-28H,14-15H2,1-2H3/t25-/m0/s1. The fourth-order valence-corrected chi connectivity index (χ4v) is 3.92. The molecule has 0 amide bonds. The number of H-pyrrole nitrogens is 1. The monoisotopic (exact) mass is 382 g/mol. The first-order valence-electron chi connectivity index (χ1n) is 10.1. The van der Waals surface area contributed by atoms with Gasteiger partial charge in [0.2, 0.25) is 0 Å². The van der Waals surface area contributed by atoms with Crippen LogP contribution in [0.5, 0.6) is 0 Å². The third-order valence-electron chi connectivity index (χ3n) is 5.49. The Morgan fingerprint density at radius 3 is 2.52 bits per heavy atom. The van der Waals surface area contributed by atoms with Crippen LogP contribution < -0.4 is 5.32 Å². The molecular weight excluding hydrogens is 356 g/mol. The number of nitrogens with one attached hydrogen (secondary N) is 2. The summed E-state index contributed by atoms with van der Waals surface area (Å²) in [7, 11) is 0. The smallest absolute Gasteiger partial charge is 0.186 e. The van der Waals surface area contributed by atoms with Crippen molar-refractivity contribution in [1.82, 2.24) is 10.3 Å². The summed E-state index contributed by atoms with van der Waals surface area (Å²) in [4.78, 5) is 16.7. The largest absolute Gasteiger partial charge is 0.360 e. The maximum atomic E-state index is 13.5. The fraction of sp³-hybridized carbons (Fsp3) is 0.192. The number of para-hydroxylation sites is 1. The lowest BCUT2D eigenvalue weighted by atomic mass is 9.96. The minimum atomic E-state index is -0.374. The molecule has 4 aromatic rings. The number of hydrogen-bond donors (Lipinski definition) is 2. The average molecular weight is 383 g/mol. The summed E-state index contributed by atoms with van der Waals surface area (Å²) in [6.07, 6.45) is 2.71. The number of rotatable bonds is 7. The summed E-state index contributed by atoms with van der Waals surface area (Å²) in [5.74, 6) is 0.0919. The lowest BCUT2D eigenvalue weighted by Crippen LogP contribution is -2.30. The zero-order chi connectivity index (χ0) is 20.2. The molecule has 0 saturated heterocycles. The Kier molecular flexibility index (Phi) is 5.59. The molecule has 3 heteroatoms. The van der Waals surface area contributed by atoms with E-state index in [0.717, 1.165) is 35.0 Å². The van der Waals surface area contributed by atoms with E-state index in [4.69, 9.17) is 0 Å². The Bertz CT molecular complexity index is 1130. The molecule has 146 valence electrons. The van der Waals surface area contributed by atoms with E-state index in [2.05, 4.69) is 42.3 Å². The second-order valence-corrected chi connectivity index (χ2v) is 7.59. The zero-order valence-electron chi connectivity index (χ0n) is 16.9. The number of aryl methyl sites for hydroxylation is 2. The van der Waals surface area contributed by atoms with Gasteiger partial charge < -0.3 is 10.3 Å². The highest BCUT2D eigenvalue weighted by molar-refractivity contribution is 6.10. The SMILES string of the molecule is Cc1ccc(CCN[C@H](C(=O)c2c[nH]c3ccccc23)c2ccccc2)c(C)c1. The van der Waals surface area contributed by atoms with Gasteiger partial charge in [0, 0.05) is 29.2 Å². The fourth-order valence-electron chi connectivity index (χ4n) is 3.92. The van der Waals surface area contributed by atoms with E-state index in [1.54, 1.807) is 0 Å². The highest BCUT2D eigenvalue weighted by Gasteiger charge is 2.23. The topological polar surface area (TPSA) is 44.9 Å². The van der Waals surface area contributed by atoms with E-state index in [1.165, 1.54) is 16.7 Å². The Morgan fingerprint density at radius 1 is 0.966 bits per heavy atom. The van der Waals surface area contributed by atoms with Gasteiger partial charge in [-0.1, -0.05) is 72.3 Å². The Hall–Kier alpha value is -3.17. The second-order valence-electron chi connectivity index (χ2n) is 7.59. The van der Waals surface area contributed by atoms with Gasteiger partial charge in [0.1, 0.15) is 0 Å². The molecule has 0 radical (unpaired) electrons. The van der Waals surface area contributed by atoms with Crippen LogP contribution in [0.25, 0.3) is 10.9 Å². The van der Waals surface area contributed by atoms with Crippen LogP contribution in [0.15, 0.2) is 79.0 Å². The van der Waals surface area contributed by atoms with E-state index in [9.17, 15) is 4.79 Å². The highest BCUT2D eigenvalue weighted by Crippen LogP contribution is 2.25. The third kappa shape index (κ3) is 4.15. The van der Waals surface area contributed by atoms with Gasteiger partial charge >= 0.3 is 0 Å². The number of ketones is 1. The van der Waals surface area contributed by atoms with Crippen LogP contribution in [0.4, 0.5) is 0 Å². The minimum absolute atomic E-state index is 0.0919. The summed E-state index contributed by atoms with van der Waals surface area (Å²) < 4.78 is 0. The molecule has 0 aliphatic carbocycles. The molecule has 0 unspecified atom stereocenters. The van der Waals surface area contributed by atoms with Crippen molar-refractivity contribution in [2.24, 2.45) is 0 Å². The Labute approximate surface area is 171 Å². The molecule has 4 rings (SSSR count). The molecule has 0 bridgehead atoms. The number of fused-ring (bicyclic) bond motifs is 1. The van der Waals surface area contributed by atoms with Gasteiger partial charge in [0.05, 0.1) is 6.04 Å². The van der Waals surface area contributed by atoms with Crippen molar-refractivity contribution in [2.75, 3.05) is 6.54 Å². The molecule has 0 fully saturated rings. The van der Waals surface area contributed by atoms with Crippen LogP contribution in [-0.2, 0) is 6.42 Å². The number of aromatic amines is 1. The van der Waals surface area contributed by atoms with Gasteiger partial charge in [-0.3, -0.25) is 4.79 Å². The maximum absolute atomic E-state index is 13.5. The zero-order valence-corrected chi connectivity index (χ0v) is 16.9. The van der Waals surface area contributed by atoms with Crippen molar-refractivity contribution in [3.05, 3.63) is 107 Å². The van der Waals surface area contributed by atoms with Crippen LogP contribution in [0, 0.1) is 13.8 Å².